The lowest BCUT2D eigenvalue weighted by Crippen LogP contribution is -2.69. The van der Waals surface area contributed by atoms with Crippen LogP contribution < -0.4 is 5.32 Å². The van der Waals surface area contributed by atoms with E-state index in [-0.39, 0.29) is 38.0 Å². The SMILES string of the molecule is O=C(C=Cc1cccc(CN2OC3C4OC(C5CC5)(C5CC5)OC4C4CC3(C(=O)NCCO)C2C(=O)O4)c1)OCC(F)(F)F. The lowest BCUT2D eigenvalue weighted by molar-refractivity contribution is -0.235. The molecule has 3 aliphatic heterocycles. The zero-order valence-electron chi connectivity index (χ0n) is 23.7. The van der Waals surface area contributed by atoms with Crippen molar-refractivity contribution in [2.75, 3.05) is 19.8 Å². The summed E-state index contributed by atoms with van der Waals surface area (Å²) in [6.45, 7) is -1.92. The van der Waals surface area contributed by atoms with Gasteiger partial charge in [-0.25, -0.2) is 4.79 Å². The van der Waals surface area contributed by atoms with Gasteiger partial charge in [0.2, 0.25) is 5.91 Å². The number of ether oxygens (including phenoxy) is 4. The molecule has 238 valence electrons. The van der Waals surface area contributed by atoms with E-state index in [2.05, 4.69) is 10.1 Å². The van der Waals surface area contributed by atoms with Gasteiger partial charge >= 0.3 is 18.1 Å². The smallest absolute Gasteiger partial charge is 0.422 e. The van der Waals surface area contributed by atoms with Crippen LogP contribution in [0.5, 0.6) is 0 Å². The number of halogens is 3. The van der Waals surface area contributed by atoms with Gasteiger partial charge in [0.15, 0.2) is 18.4 Å². The van der Waals surface area contributed by atoms with Crippen molar-refractivity contribution < 1.29 is 56.4 Å². The third kappa shape index (κ3) is 5.10. The fourth-order valence-electron chi connectivity index (χ4n) is 7.34. The van der Waals surface area contributed by atoms with Crippen molar-refractivity contribution in [3.8, 4) is 0 Å². The molecule has 6 fully saturated rings. The molecule has 3 saturated heterocycles. The molecule has 6 unspecified atom stereocenters. The number of aliphatic hydroxyl groups excluding tert-OH is 1. The number of benzene rings is 1. The maximum absolute atomic E-state index is 13.9. The van der Waals surface area contributed by atoms with E-state index in [4.69, 9.17) is 19.0 Å². The van der Waals surface area contributed by atoms with E-state index in [1.165, 1.54) is 11.1 Å². The molecule has 1 aromatic rings. The van der Waals surface area contributed by atoms with E-state index in [1.54, 1.807) is 24.3 Å². The number of esters is 2. The number of alkyl halides is 3. The van der Waals surface area contributed by atoms with Gasteiger partial charge in [0.1, 0.15) is 29.8 Å². The molecule has 1 aromatic carbocycles. The summed E-state index contributed by atoms with van der Waals surface area (Å²) in [4.78, 5) is 45.8. The third-order valence-electron chi connectivity index (χ3n) is 9.38. The molecule has 1 amide bonds. The minimum Gasteiger partial charge on any atom is -0.458 e. The van der Waals surface area contributed by atoms with Crippen molar-refractivity contribution in [2.45, 2.75) is 81.1 Å². The van der Waals surface area contributed by atoms with Crippen molar-refractivity contribution in [1.82, 2.24) is 10.4 Å². The number of fused-ring (bicyclic) bond motifs is 4. The summed E-state index contributed by atoms with van der Waals surface area (Å²) in [6, 6.07) is 5.65. The number of nitrogens with one attached hydrogen (secondary N) is 1. The third-order valence-corrected chi connectivity index (χ3v) is 9.38. The van der Waals surface area contributed by atoms with Gasteiger partial charge in [-0.1, -0.05) is 24.3 Å². The molecule has 0 aromatic heterocycles. The lowest BCUT2D eigenvalue weighted by Gasteiger charge is -2.48. The second kappa shape index (κ2) is 10.8. The van der Waals surface area contributed by atoms with Crippen LogP contribution in [0.25, 0.3) is 6.08 Å². The maximum atomic E-state index is 13.9. The van der Waals surface area contributed by atoms with Crippen LogP contribution in [0.2, 0.25) is 0 Å². The second-order valence-corrected chi connectivity index (χ2v) is 12.4. The van der Waals surface area contributed by atoms with Crippen LogP contribution in [0.15, 0.2) is 30.3 Å². The topological polar surface area (TPSA) is 133 Å². The molecule has 2 N–H and O–H groups in total. The van der Waals surface area contributed by atoms with E-state index in [1.807, 2.05) is 0 Å². The number of rotatable bonds is 10. The van der Waals surface area contributed by atoms with Crippen molar-refractivity contribution in [2.24, 2.45) is 17.3 Å². The Kier molecular flexibility index (Phi) is 7.28. The first-order chi connectivity index (χ1) is 21.0. The van der Waals surface area contributed by atoms with Crippen LogP contribution in [-0.4, -0.2) is 90.2 Å². The fraction of sp³-hybridized carbons (Fsp3) is 0.633. The minimum atomic E-state index is -4.63. The van der Waals surface area contributed by atoms with Crippen molar-refractivity contribution in [3.63, 3.8) is 0 Å². The molecule has 44 heavy (non-hydrogen) atoms. The standard InChI is InChI=1S/C30H33F3N2O9/c31-29(32,33)15-40-21(37)9-4-16-2-1-3-17(12-16)14-35-24-26(38)41-20-13-28(24,27(39)34-10-11-36)25(44-35)23-22(20)42-30(43-23,18-5-6-18)19-7-8-19/h1-4,9,12,18-20,22-25,36H,5-8,10-11,13-15H2,(H,34,39). The lowest BCUT2D eigenvalue weighted by atomic mass is 9.62. The Morgan fingerprint density at radius 2 is 1.86 bits per heavy atom. The second-order valence-electron chi connectivity index (χ2n) is 12.4. The Hall–Kier alpha value is -3.04. The van der Waals surface area contributed by atoms with Crippen LogP contribution in [0, 0.1) is 17.3 Å². The summed E-state index contributed by atoms with van der Waals surface area (Å²) in [5.41, 5.74) is -0.223. The molecule has 2 bridgehead atoms. The van der Waals surface area contributed by atoms with Crippen molar-refractivity contribution >= 4 is 23.9 Å². The number of hydrogen-bond acceptors (Lipinski definition) is 10. The average molecular weight is 623 g/mol. The predicted molar refractivity (Wildman–Crippen MR) is 142 cm³/mol. The van der Waals surface area contributed by atoms with Gasteiger partial charge in [-0.2, -0.15) is 18.2 Å². The number of hydrogen-bond donors (Lipinski definition) is 2. The molecule has 6 aliphatic rings. The molecule has 7 rings (SSSR count). The van der Waals surface area contributed by atoms with Crippen LogP contribution in [-0.2, 0) is 44.7 Å². The number of nitrogens with zero attached hydrogens (tertiary/aromatic N) is 1. The first-order valence-electron chi connectivity index (χ1n) is 14.9. The first kappa shape index (κ1) is 29.7. The molecular weight excluding hydrogens is 589 g/mol. The number of hydroxylamine groups is 2. The van der Waals surface area contributed by atoms with Crippen molar-refractivity contribution in [3.05, 3.63) is 41.5 Å². The van der Waals surface area contributed by atoms with Crippen molar-refractivity contribution in [1.29, 1.82) is 0 Å². The van der Waals surface area contributed by atoms with Crippen LogP contribution in [0.3, 0.4) is 0 Å². The highest BCUT2D eigenvalue weighted by atomic mass is 19.4. The Bertz CT molecular complexity index is 1350. The summed E-state index contributed by atoms with van der Waals surface area (Å²) >= 11 is 0. The molecule has 14 heteroatoms. The molecule has 0 spiro atoms. The molecular formula is C30H33F3N2O9. The predicted octanol–water partition coefficient (Wildman–Crippen LogP) is 2.01. The number of carbonyl (C=O) groups is 3. The van der Waals surface area contributed by atoms with Crippen LogP contribution in [0.4, 0.5) is 13.2 Å². The van der Waals surface area contributed by atoms with Crippen LogP contribution >= 0.6 is 0 Å². The monoisotopic (exact) mass is 622 g/mol. The zero-order valence-corrected chi connectivity index (χ0v) is 23.7. The highest BCUT2D eigenvalue weighted by Gasteiger charge is 2.78. The number of carbonyl (C=O) groups excluding carboxylic acids is 3. The first-order valence-corrected chi connectivity index (χ1v) is 14.9. The highest BCUT2D eigenvalue weighted by molar-refractivity contribution is 5.93. The van der Waals surface area contributed by atoms with Gasteiger partial charge in [0, 0.05) is 30.9 Å². The summed E-state index contributed by atoms with van der Waals surface area (Å²) in [7, 11) is 0. The molecule has 3 aliphatic carbocycles. The Labute approximate surface area is 250 Å². The van der Waals surface area contributed by atoms with Gasteiger partial charge < -0.3 is 29.4 Å². The normalized spacial score (nSPS) is 34.1. The molecule has 3 saturated carbocycles. The maximum Gasteiger partial charge on any atom is 0.422 e. The minimum absolute atomic E-state index is 0.000932. The highest BCUT2D eigenvalue weighted by Crippen LogP contribution is 2.63. The molecule has 3 heterocycles. The quantitative estimate of drug-likeness (QED) is 0.295. The van der Waals surface area contributed by atoms with E-state index in [0.29, 0.717) is 11.1 Å². The molecule has 6 atom stereocenters. The van der Waals surface area contributed by atoms with Gasteiger partial charge in [0.25, 0.3) is 0 Å². The Balaban J connectivity index is 1.16. The fourth-order valence-corrected chi connectivity index (χ4v) is 7.34. The number of aliphatic hydroxyl groups is 1. The summed E-state index contributed by atoms with van der Waals surface area (Å²) < 4.78 is 60.6. The summed E-state index contributed by atoms with van der Waals surface area (Å²) in [6.07, 6.45) is -1.13. The van der Waals surface area contributed by atoms with Gasteiger partial charge in [-0.3, -0.25) is 14.4 Å². The number of amides is 1. The van der Waals surface area contributed by atoms with Crippen LogP contribution in [0.1, 0.15) is 43.2 Å². The van der Waals surface area contributed by atoms with E-state index >= 15 is 0 Å². The van der Waals surface area contributed by atoms with E-state index in [9.17, 15) is 32.7 Å². The zero-order chi connectivity index (χ0) is 30.9. The van der Waals surface area contributed by atoms with Gasteiger partial charge in [-0.05, 0) is 42.9 Å². The van der Waals surface area contributed by atoms with E-state index < -0.39 is 72.3 Å². The van der Waals surface area contributed by atoms with E-state index in [0.717, 1.165) is 31.8 Å². The Morgan fingerprint density at radius 1 is 1.14 bits per heavy atom. The summed E-state index contributed by atoms with van der Waals surface area (Å²) in [5.74, 6) is -2.50. The Morgan fingerprint density at radius 3 is 2.55 bits per heavy atom. The van der Waals surface area contributed by atoms with Gasteiger partial charge in [0.05, 0.1) is 13.2 Å². The molecule has 11 nitrogen and oxygen atoms in total. The van der Waals surface area contributed by atoms with Gasteiger partial charge in [-0.15, -0.1) is 0 Å². The molecule has 0 radical (unpaired) electrons. The largest absolute Gasteiger partial charge is 0.458 e. The summed E-state index contributed by atoms with van der Waals surface area (Å²) in [5, 5.41) is 13.6. The average Bonchev–Trinajstić information content (AvgIpc) is 3.93.